The monoisotopic (exact) mass is 408 g/mol. The van der Waals surface area contributed by atoms with Gasteiger partial charge in [-0.05, 0) is 67.8 Å². The zero-order valence-corrected chi connectivity index (χ0v) is 17.5. The molecule has 3 rings (SSSR count). The van der Waals surface area contributed by atoms with Crippen LogP contribution in [0.1, 0.15) is 22.3 Å². The van der Waals surface area contributed by atoms with Crippen LogP contribution in [0.15, 0.2) is 71.6 Å². The number of sulfonamides is 1. The minimum absolute atomic E-state index is 0.134. The molecule has 0 bridgehead atoms. The number of rotatable bonds is 6. The highest BCUT2D eigenvalue weighted by Crippen LogP contribution is 2.22. The van der Waals surface area contributed by atoms with Gasteiger partial charge in [0.2, 0.25) is 5.91 Å². The first-order valence-corrected chi connectivity index (χ1v) is 10.8. The lowest BCUT2D eigenvalue weighted by Crippen LogP contribution is -2.16. The fourth-order valence-electron chi connectivity index (χ4n) is 3.04. The Morgan fingerprint density at radius 3 is 2.21 bits per heavy atom. The van der Waals surface area contributed by atoms with Crippen LogP contribution in [0.3, 0.4) is 0 Å². The average Bonchev–Trinajstić information content (AvgIpc) is 2.66. The van der Waals surface area contributed by atoms with Crippen molar-refractivity contribution in [1.82, 2.24) is 0 Å². The standard InChI is InChI=1S/C23H24N2O3S/c1-16-8-13-22(18(3)14-16)25-29(27,28)21-11-9-20(10-12-21)24-23(26)15-19-7-5-4-6-17(19)2/h4-14,25H,15H2,1-3H3,(H,24,26). The highest BCUT2D eigenvalue weighted by Gasteiger charge is 2.15. The molecule has 5 nitrogen and oxygen atoms in total. The Kier molecular flexibility index (Phi) is 6.03. The van der Waals surface area contributed by atoms with Crippen molar-refractivity contribution in [2.75, 3.05) is 10.0 Å². The van der Waals surface area contributed by atoms with Crippen molar-refractivity contribution in [3.05, 3.63) is 89.0 Å². The Hall–Kier alpha value is -3.12. The molecule has 3 aromatic carbocycles. The average molecular weight is 409 g/mol. The first-order chi connectivity index (χ1) is 13.7. The third kappa shape index (κ3) is 5.23. The smallest absolute Gasteiger partial charge is 0.261 e. The zero-order chi connectivity index (χ0) is 21.0. The molecule has 0 spiro atoms. The Labute approximate surface area is 171 Å². The fraction of sp³-hybridized carbons (Fsp3) is 0.174. The van der Waals surface area contributed by atoms with Crippen LogP contribution in [0.2, 0.25) is 0 Å². The Balaban J connectivity index is 1.69. The van der Waals surface area contributed by atoms with Crippen molar-refractivity contribution in [3.63, 3.8) is 0 Å². The second-order valence-electron chi connectivity index (χ2n) is 7.10. The van der Waals surface area contributed by atoms with Crippen LogP contribution < -0.4 is 10.0 Å². The first-order valence-electron chi connectivity index (χ1n) is 9.29. The highest BCUT2D eigenvalue weighted by molar-refractivity contribution is 7.92. The van der Waals surface area contributed by atoms with Crippen molar-refractivity contribution < 1.29 is 13.2 Å². The van der Waals surface area contributed by atoms with Gasteiger partial charge in [0.1, 0.15) is 0 Å². The maximum Gasteiger partial charge on any atom is 0.261 e. The molecule has 0 saturated heterocycles. The molecule has 0 heterocycles. The first kappa shape index (κ1) is 20.6. The summed E-state index contributed by atoms with van der Waals surface area (Å²) in [6.45, 7) is 5.78. The molecule has 3 aromatic rings. The van der Waals surface area contributed by atoms with E-state index in [9.17, 15) is 13.2 Å². The number of carbonyl (C=O) groups excluding carboxylic acids is 1. The van der Waals surface area contributed by atoms with Crippen molar-refractivity contribution in [3.8, 4) is 0 Å². The molecule has 0 aromatic heterocycles. The molecule has 150 valence electrons. The van der Waals surface area contributed by atoms with Crippen LogP contribution in [0, 0.1) is 20.8 Å². The normalized spacial score (nSPS) is 11.1. The molecule has 2 N–H and O–H groups in total. The van der Waals surface area contributed by atoms with E-state index in [1.54, 1.807) is 18.2 Å². The number of aryl methyl sites for hydroxylation is 3. The summed E-state index contributed by atoms with van der Waals surface area (Å²) in [6.07, 6.45) is 0.265. The van der Waals surface area contributed by atoms with Gasteiger partial charge < -0.3 is 5.32 Å². The van der Waals surface area contributed by atoms with E-state index in [0.29, 0.717) is 11.4 Å². The lowest BCUT2D eigenvalue weighted by molar-refractivity contribution is -0.115. The Morgan fingerprint density at radius 1 is 0.862 bits per heavy atom. The SMILES string of the molecule is Cc1ccc(NS(=O)(=O)c2ccc(NC(=O)Cc3ccccc3C)cc2)c(C)c1. The maximum atomic E-state index is 12.7. The molecular formula is C23H24N2O3S. The number of amides is 1. The predicted molar refractivity (Wildman–Crippen MR) is 117 cm³/mol. The van der Waals surface area contributed by atoms with E-state index in [2.05, 4.69) is 10.0 Å². The van der Waals surface area contributed by atoms with Gasteiger partial charge in [-0.25, -0.2) is 8.42 Å². The van der Waals surface area contributed by atoms with Gasteiger partial charge in [0.05, 0.1) is 17.0 Å². The van der Waals surface area contributed by atoms with E-state index in [1.165, 1.54) is 12.1 Å². The zero-order valence-electron chi connectivity index (χ0n) is 16.7. The molecule has 0 atom stereocenters. The van der Waals surface area contributed by atoms with Crippen LogP contribution in [0.5, 0.6) is 0 Å². The van der Waals surface area contributed by atoms with E-state index in [4.69, 9.17) is 0 Å². The summed E-state index contributed by atoms with van der Waals surface area (Å²) in [5, 5.41) is 2.81. The van der Waals surface area contributed by atoms with Gasteiger partial charge in [0, 0.05) is 5.69 Å². The third-order valence-corrected chi connectivity index (χ3v) is 6.07. The van der Waals surface area contributed by atoms with E-state index >= 15 is 0 Å². The van der Waals surface area contributed by atoms with Crippen LogP contribution in [-0.4, -0.2) is 14.3 Å². The Morgan fingerprint density at radius 2 is 1.55 bits per heavy atom. The number of anilines is 2. The van der Waals surface area contributed by atoms with Gasteiger partial charge in [-0.3, -0.25) is 9.52 Å². The number of hydrogen-bond donors (Lipinski definition) is 2. The number of carbonyl (C=O) groups is 1. The summed E-state index contributed by atoms with van der Waals surface area (Å²) in [4.78, 5) is 12.4. The highest BCUT2D eigenvalue weighted by atomic mass is 32.2. The van der Waals surface area contributed by atoms with Crippen molar-refractivity contribution in [2.45, 2.75) is 32.1 Å². The number of nitrogens with one attached hydrogen (secondary N) is 2. The van der Waals surface area contributed by atoms with Crippen LogP contribution >= 0.6 is 0 Å². The molecule has 0 unspecified atom stereocenters. The molecule has 1 amide bonds. The van der Waals surface area contributed by atoms with E-state index < -0.39 is 10.0 Å². The molecule has 6 heteroatoms. The topological polar surface area (TPSA) is 75.3 Å². The van der Waals surface area contributed by atoms with E-state index in [0.717, 1.165) is 22.3 Å². The minimum Gasteiger partial charge on any atom is -0.326 e. The van der Waals surface area contributed by atoms with E-state index in [-0.39, 0.29) is 17.2 Å². The molecular weight excluding hydrogens is 384 g/mol. The summed E-state index contributed by atoms with van der Waals surface area (Å²) >= 11 is 0. The summed E-state index contributed by atoms with van der Waals surface area (Å²) < 4.78 is 27.9. The molecule has 0 aliphatic rings. The van der Waals surface area contributed by atoms with Gasteiger partial charge in [0.15, 0.2) is 0 Å². The summed E-state index contributed by atoms with van der Waals surface area (Å²) in [6, 6.07) is 19.4. The van der Waals surface area contributed by atoms with Crippen molar-refractivity contribution in [2.24, 2.45) is 0 Å². The van der Waals surface area contributed by atoms with Gasteiger partial charge >= 0.3 is 0 Å². The second kappa shape index (κ2) is 8.49. The summed E-state index contributed by atoms with van der Waals surface area (Å²) in [7, 11) is -3.71. The van der Waals surface area contributed by atoms with Gasteiger partial charge in [-0.15, -0.1) is 0 Å². The van der Waals surface area contributed by atoms with E-state index in [1.807, 2.05) is 57.2 Å². The number of benzene rings is 3. The van der Waals surface area contributed by atoms with Gasteiger partial charge in [0.25, 0.3) is 10.0 Å². The molecule has 0 aliphatic heterocycles. The second-order valence-corrected chi connectivity index (χ2v) is 8.78. The largest absolute Gasteiger partial charge is 0.326 e. The van der Waals surface area contributed by atoms with Gasteiger partial charge in [-0.2, -0.15) is 0 Å². The Bertz CT molecular complexity index is 1140. The molecule has 0 aliphatic carbocycles. The quantitative estimate of drug-likeness (QED) is 0.626. The lowest BCUT2D eigenvalue weighted by atomic mass is 10.1. The van der Waals surface area contributed by atoms with Crippen LogP contribution in [-0.2, 0) is 21.2 Å². The van der Waals surface area contributed by atoms with Crippen molar-refractivity contribution in [1.29, 1.82) is 0 Å². The molecule has 0 saturated carbocycles. The summed E-state index contributed by atoms with van der Waals surface area (Å²) in [5.41, 5.74) is 5.04. The maximum absolute atomic E-state index is 12.7. The van der Waals surface area contributed by atoms with Gasteiger partial charge in [-0.1, -0.05) is 42.0 Å². The predicted octanol–water partition coefficient (Wildman–Crippen LogP) is 4.59. The molecule has 0 fully saturated rings. The molecule has 0 radical (unpaired) electrons. The minimum atomic E-state index is -3.71. The van der Waals surface area contributed by atoms with Crippen molar-refractivity contribution >= 4 is 27.3 Å². The number of hydrogen-bond acceptors (Lipinski definition) is 3. The summed E-state index contributed by atoms with van der Waals surface area (Å²) in [5.74, 6) is -0.150. The van der Waals surface area contributed by atoms with Crippen LogP contribution in [0.25, 0.3) is 0 Å². The third-order valence-electron chi connectivity index (χ3n) is 4.69. The lowest BCUT2D eigenvalue weighted by Gasteiger charge is -2.12. The van der Waals surface area contributed by atoms with Crippen LogP contribution in [0.4, 0.5) is 11.4 Å². The molecule has 29 heavy (non-hydrogen) atoms. The fourth-order valence-corrected chi connectivity index (χ4v) is 4.17.